The molecule has 0 saturated heterocycles. The molecule has 27 heavy (non-hydrogen) atoms. The number of para-hydroxylation sites is 1. The molecule has 0 bridgehead atoms. The molecule has 2 aromatic heterocycles. The number of hydrogen-bond donors (Lipinski definition) is 2. The number of aromatic nitrogens is 2. The maximum absolute atomic E-state index is 12.4. The van der Waals surface area contributed by atoms with Crippen molar-refractivity contribution in [3.05, 3.63) is 70.4 Å². The van der Waals surface area contributed by atoms with Gasteiger partial charge < -0.3 is 10.3 Å². The number of nitrogens with zero attached hydrogens (tertiary/aromatic N) is 2. The SMILES string of the molecule is CCNC(=O)c1cc2c([nH]c3ccccc32)c(-c2ccc([N+](=O)[O-])cc2)n1. The fourth-order valence-electron chi connectivity index (χ4n) is 3.16. The molecule has 134 valence electrons. The number of amides is 1. The third kappa shape index (κ3) is 2.89. The molecular weight excluding hydrogens is 344 g/mol. The number of benzene rings is 2. The number of carbonyl (C=O) groups is 1. The highest BCUT2D eigenvalue weighted by Crippen LogP contribution is 2.33. The lowest BCUT2D eigenvalue weighted by atomic mass is 10.1. The molecule has 4 aromatic rings. The average molecular weight is 360 g/mol. The number of hydrogen-bond acceptors (Lipinski definition) is 4. The summed E-state index contributed by atoms with van der Waals surface area (Å²) in [7, 11) is 0. The summed E-state index contributed by atoms with van der Waals surface area (Å²) in [6.07, 6.45) is 0. The number of nitro groups is 1. The first-order valence-corrected chi connectivity index (χ1v) is 8.53. The molecule has 0 spiro atoms. The van der Waals surface area contributed by atoms with Gasteiger partial charge in [0.1, 0.15) is 5.69 Å². The molecule has 0 aliphatic heterocycles. The van der Waals surface area contributed by atoms with Crippen molar-refractivity contribution < 1.29 is 9.72 Å². The van der Waals surface area contributed by atoms with Crippen molar-refractivity contribution in [3.63, 3.8) is 0 Å². The number of nitrogens with one attached hydrogen (secondary N) is 2. The molecule has 2 heterocycles. The van der Waals surface area contributed by atoms with Crippen LogP contribution in [0.25, 0.3) is 33.1 Å². The van der Waals surface area contributed by atoms with Gasteiger partial charge in [0.15, 0.2) is 0 Å². The molecule has 7 heteroatoms. The Morgan fingerprint density at radius 2 is 1.89 bits per heavy atom. The fourth-order valence-corrected chi connectivity index (χ4v) is 3.16. The second-order valence-electron chi connectivity index (χ2n) is 6.11. The summed E-state index contributed by atoms with van der Waals surface area (Å²) in [4.78, 5) is 30.8. The number of aromatic amines is 1. The highest BCUT2D eigenvalue weighted by atomic mass is 16.6. The van der Waals surface area contributed by atoms with Crippen LogP contribution in [0.15, 0.2) is 54.6 Å². The molecule has 2 aromatic carbocycles. The second kappa shape index (κ2) is 6.53. The zero-order chi connectivity index (χ0) is 19.0. The Bertz CT molecular complexity index is 1180. The third-order valence-electron chi connectivity index (χ3n) is 4.42. The summed E-state index contributed by atoms with van der Waals surface area (Å²) in [6, 6.07) is 15.7. The van der Waals surface area contributed by atoms with Crippen molar-refractivity contribution in [1.29, 1.82) is 0 Å². The number of pyridine rings is 1. The van der Waals surface area contributed by atoms with Crippen molar-refractivity contribution in [2.75, 3.05) is 6.54 Å². The van der Waals surface area contributed by atoms with Crippen LogP contribution in [0.4, 0.5) is 5.69 Å². The monoisotopic (exact) mass is 360 g/mol. The minimum atomic E-state index is -0.444. The van der Waals surface area contributed by atoms with Gasteiger partial charge in [-0.1, -0.05) is 18.2 Å². The van der Waals surface area contributed by atoms with Crippen LogP contribution in [0, 0.1) is 10.1 Å². The average Bonchev–Trinajstić information content (AvgIpc) is 3.06. The number of nitro benzene ring substituents is 1. The maximum atomic E-state index is 12.4. The molecule has 2 N–H and O–H groups in total. The molecule has 0 aliphatic carbocycles. The molecule has 0 radical (unpaired) electrons. The Balaban J connectivity index is 1.99. The van der Waals surface area contributed by atoms with Crippen LogP contribution in [0.2, 0.25) is 0 Å². The van der Waals surface area contributed by atoms with E-state index in [0.29, 0.717) is 23.5 Å². The first-order valence-electron chi connectivity index (χ1n) is 8.53. The van der Waals surface area contributed by atoms with Crippen molar-refractivity contribution in [2.45, 2.75) is 6.92 Å². The summed E-state index contributed by atoms with van der Waals surface area (Å²) in [5.41, 5.74) is 3.32. The van der Waals surface area contributed by atoms with Gasteiger partial charge in [-0.15, -0.1) is 0 Å². The maximum Gasteiger partial charge on any atom is 0.269 e. The lowest BCUT2D eigenvalue weighted by Crippen LogP contribution is -2.23. The largest absolute Gasteiger partial charge is 0.353 e. The first-order chi connectivity index (χ1) is 13.1. The number of H-pyrrole nitrogens is 1. The quantitative estimate of drug-likeness (QED) is 0.423. The lowest BCUT2D eigenvalue weighted by Gasteiger charge is -2.07. The zero-order valence-electron chi connectivity index (χ0n) is 14.5. The number of carbonyl (C=O) groups excluding carboxylic acids is 1. The van der Waals surface area contributed by atoms with Crippen molar-refractivity contribution in [1.82, 2.24) is 15.3 Å². The van der Waals surface area contributed by atoms with Crippen LogP contribution in [-0.2, 0) is 0 Å². The molecule has 0 atom stereocenters. The molecule has 7 nitrogen and oxygen atoms in total. The minimum Gasteiger partial charge on any atom is -0.353 e. The van der Waals surface area contributed by atoms with Gasteiger partial charge in [0.25, 0.3) is 11.6 Å². The zero-order valence-corrected chi connectivity index (χ0v) is 14.5. The van der Waals surface area contributed by atoms with Crippen molar-refractivity contribution in [2.24, 2.45) is 0 Å². The molecule has 4 rings (SSSR count). The van der Waals surface area contributed by atoms with Gasteiger partial charge in [0.2, 0.25) is 0 Å². The molecule has 0 saturated carbocycles. The number of non-ortho nitro benzene ring substituents is 1. The lowest BCUT2D eigenvalue weighted by molar-refractivity contribution is -0.384. The topological polar surface area (TPSA) is 101 Å². The summed E-state index contributed by atoms with van der Waals surface area (Å²) in [6.45, 7) is 2.35. The second-order valence-corrected chi connectivity index (χ2v) is 6.11. The van der Waals surface area contributed by atoms with Gasteiger partial charge in [-0.3, -0.25) is 14.9 Å². The van der Waals surface area contributed by atoms with E-state index in [4.69, 9.17) is 0 Å². The van der Waals surface area contributed by atoms with Crippen LogP contribution in [0.1, 0.15) is 17.4 Å². The Kier molecular flexibility index (Phi) is 4.04. The molecule has 1 amide bonds. The smallest absolute Gasteiger partial charge is 0.269 e. The highest BCUT2D eigenvalue weighted by Gasteiger charge is 2.17. The molecule has 0 aliphatic rings. The first kappa shape index (κ1) is 16.7. The standard InChI is InChI=1S/C20H16N4O3/c1-2-21-20(25)17-11-15-14-5-3-4-6-16(14)22-19(15)18(23-17)12-7-9-13(10-8-12)24(26)27/h3-11,22H,2H2,1H3,(H,21,25). The Morgan fingerprint density at radius 3 is 2.59 bits per heavy atom. The normalized spacial score (nSPS) is 11.0. The molecule has 0 unspecified atom stereocenters. The molecular formula is C20H16N4O3. The number of rotatable bonds is 4. The highest BCUT2D eigenvalue weighted by molar-refractivity contribution is 6.13. The number of fused-ring (bicyclic) bond motifs is 3. The minimum absolute atomic E-state index is 0.00604. The Hall–Kier alpha value is -3.74. The van der Waals surface area contributed by atoms with E-state index >= 15 is 0 Å². The van der Waals surface area contributed by atoms with Gasteiger partial charge in [-0.2, -0.15) is 0 Å². The fraction of sp³-hybridized carbons (Fsp3) is 0.100. The van der Waals surface area contributed by atoms with E-state index in [2.05, 4.69) is 15.3 Å². The van der Waals surface area contributed by atoms with E-state index in [-0.39, 0.29) is 11.6 Å². The van der Waals surface area contributed by atoms with E-state index in [1.165, 1.54) is 12.1 Å². The summed E-state index contributed by atoms with van der Waals surface area (Å²) < 4.78 is 0. The van der Waals surface area contributed by atoms with Crippen molar-refractivity contribution >= 4 is 33.4 Å². The predicted octanol–water partition coefficient (Wildman–Crippen LogP) is 4.04. The van der Waals surface area contributed by atoms with Gasteiger partial charge in [0, 0.05) is 40.5 Å². The van der Waals surface area contributed by atoms with Crippen LogP contribution in [-0.4, -0.2) is 27.3 Å². The van der Waals surface area contributed by atoms with Gasteiger partial charge in [-0.25, -0.2) is 4.98 Å². The summed E-state index contributed by atoms with van der Waals surface area (Å²) in [5, 5.41) is 15.6. The Labute approximate surface area is 154 Å². The predicted molar refractivity (Wildman–Crippen MR) is 104 cm³/mol. The van der Waals surface area contributed by atoms with E-state index in [9.17, 15) is 14.9 Å². The van der Waals surface area contributed by atoms with E-state index in [1.54, 1.807) is 18.2 Å². The van der Waals surface area contributed by atoms with Crippen LogP contribution in [0.5, 0.6) is 0 Å². The van der Waals surface area contributed by atoms with E-state index < -0.39 is 4.92 Å². The van der Waals surface area contributed by atoms with Gasteiger partial charge >= 0.3 is 0 Å². The van der Waals surface area contributed by atoms with Crippen LogP contribution in [0.3, 0.4) is 0 Å². The summed E-state index contributed by atoms with van der Waals surface area (Å²) in [5.74, 6) is -0.257. The van der Waals surface area contributed by atoms with Gasteiger partial charge in [-0.05, 0) is 31.2 Å². The van der Waals surface area contributed by atoms with Gasteiger partial charge in [0.05, 0.1) is 16.1 Å². The van der Waals surface area contributed by atoms with E-state index in [0.717, 1.165) is 21.8 Å². The summed E-state index contributed by atoms with van der Waals surface area (Å²) >= 11 is 0. The molecule has 0 fully saturated rings. The van der Waals surface area contributed by atoms with Crippen LogP contribution >= 0.6 is 0 Å². The third-order valence-corrected chi connectivity index (χ3v) is 4.42. The Morgan fingerprint density at radius 1 is 1.15 bits per heavy atom. The van der Waals surface area contributed by atoms with Crippen molar-refractivity contribution in [3.8, 4) is 11.3 Å². The van der Waals surface area contributed by atoms with E-state index in [1.807, 2.05) is 31.2 Å². The van der Waals surface area contributed by atoms with Crippen LogP contribution < -0.4 is 5.32 Å².